The number of halogens is 1. The van der Waals surface area contributed by atoms with Crippen molar-refractivity contribution in [3.63, 3.8) is 0 Å². The molecule has 2 nitrogen and oxygen atoms in total. The van der Waals surface area contributed by atoms with Crippen LogP contribution in [0, 0.1) is 5.92 Å². The highest BCUT2D eigenvalue weighted by atomic mass is 79.9. The summed E-state index contributed by atoms with van der Waals surface area (Å²) in [5, 5.41) is 3.72. The summed E-state index contributed by atoms with van der Waals surface area (Å²) in [6, 6.07) is 7.00. The molecular weight excluding hydrogens is 314 g/mol. The van der Waals surface area contributed by atoms with Crippen molar-refractivity contribution in [3.05, 3.63) is 28.2 Å². The van der Waals surface area contributed by atoms with Crippen molar-refractivity contribution in [2.45, 2.75) is 51.5 Å². The van der Waals surface area contributed by atoms with Crippen molar-refractivity contribution in [1.82, 2.24) is 5.32 Å². The van der Waals surface area contributed by atoms with Crippen LogP contribution in [0.5, 0.6) is 5.75 Å². The van der Waals surface area contributed by atoms with Gasteiger partial charge in [0.05, 0.1) is 7.11 Å². The van der Waals surface area contributed by atoms with Crippen LogP contribution >= 0.6 is 15.9 Å². The Morgan fingerprint density at radius 3 is 2.85 bits per heavy atom. The first-order chi connectivity index (χ1) is 9.74. The normalized spacial score (nSPS) is 16.1. The Morgan fingerprint density at radius 2 is 2.20 bits per heavy atom. The highest BCUT2D eigenvalue weighted by Crippen LogP contribution is 2.35. The van der Waals surface area contributed by atoms with Crippen LogP contribution < -0.4 is 10.1 Å². The second-order valence-corrected chi connectivity index (χ2v) is 6.66. The number of rotatable bonds is 9. The van der Waals surface area contributed by atoms with E-state index in [0.29, 0.717) is 0 Å². The molecule has 3 heteroatoms. The van der Waals surface area contributed by atoms with Crippen molar-refractivity contribution in [1.29, 1.82) is 0 Å². The van der Waals surface area contributed by atoms with E-state index in [1.165, 1.54) is 37.7 Å². The molecule has 0 bridgehead atoms. The molecule has 2 rings (SSSR count). The van der Waals surface area contributed by atoms with E-state index < -0.39 is 0 Å². The zero-order valence-electron chi connectivity index (χ0n) is 12.6. The molecule has 0 heterocycles. The summed E-state index contributed by atoms with van der Waals surface area (Å²) in [5.41, 5.74) is 1.31. The molecule has 1 aliphatic carbocycles. The summed E-state index contributed by atoms with van der Waals surface area (Å²) in [4.78, 5) is 0. The Bertz CT molecular complexity index is 417. The monoisotopic (exact) mass is 339 g/mol. The summed E-state index contributed by atoms with van der Waals surface area (Å²) in [6.45, 7) is 3.39. The number of ether oxygens (including phenoxy) is 1. The SMILES string of the molecule is CCCNC(CCCc1cc(Br)ccc1OC)C1CC1. The van der Waals surface area contributed by atoms with Crippen molar-refractivity contribution >= 4 is 15.9 Å². The Labute approximate surface area is 131 Å². The third-order valence-electron chi connectivity index (χ3n) is 4.05. The quantitative estimate of drug-likeness (QED) is 0.712. The van der Waals surface area contributed by atoms with E-state index in [9.17, 15) is 0 Å². The molecule has 1 fully saturated rings. The van der Waals surface area contributed by atoms with Crippen LogP contribution in [-0.2, 0) is 6.42 Å². The minimum Gasteiger partial charge on any atom is -0.496 e. The van der Waals surface area contributed by atoms with Gasteiger partial charge in [0.25, 0.3) is 0 Å². The summed E-state index contributed by atoms with van der Waals surface area (Å²) in [6.07, 6.45) is 7.66. The van der Waals surface area contributed by atoms with Crippen molar-refractivity contribution < 1.29 is 4.74 Å². The molecule has 0 aromatic heterocycles. The molecule has 0 radical (unpaired) electrons. The first-order valence-electron chi connectivity index (χ1n) is 7.80. The Hall–Kier alpha value is -0.540. The summed E-state index contributed by atoms with van der Waals surface area (Å²) >= 11 is 3.55. The Morgan fingerprint density at radius 1 is 1.40 bits per heavy atom. The molecule has 0 saturated heterocycles. The lowest BCUT2D eigenvalue weighted by molar-refractivity contribution is 0.403. The molecule has 0 spiro atoms. The maximum absolute atomic E-state index is 5.45. The van der Waals surface area contributed by atoms with E-state index in [4.69, 9.17) is 4.74 Å². The van der Waals surface area contributed by atoms with E-state index in [0.717, 1.165) is 35.1 Å². The van der Waals surface area contributed by atoms with Gasteiger partial charge in [-0.05, 0) is 74.8 Å². The van der Waals surface area contributed by atoms with Gasteiger partial charge in [-0.2, -0.15) is 0 Å². The van der Waals surface area contributed by atoms with Crippen LogP contribution in [0.2, 0.25) is 0 Å². The van der Waals surface area contributed by atoms with E-state index in [2.05, 4.69) is 34.2 Å². The number of methoxy groups -OCH3 is 1. The first kappa shape index (κ1) is 15.8. The minimum atomic E-state index is 0.730. The van der Waals surface area contributed by atoms with E-state index >= 15 is 0 Å². The van der Waals surface area contributed by atoms with Gasteiger partial charge in [0, 0.05) is 10.5 Å². The van der Waals surface area contributed by atoms with Crippen molar-refractivity contribution in [3.8, 4) is 5.75 Å². The number of hydrogen-bond acceptors (Lipinski definition) is 2. The fraction of sp³-hybridized carbons (Fsp3) is 0.647. The summed E-state index contributed by atoms with van der Waals surface area (Å²) < 4.78 is 6.58. The Balaban J connectivity index is 1.83. The van der Waals surface area contributed by atoms with E-state index in [-0.39, 0.29) is 0 Å². The fourth-order valence-electron chi connectivity index (χ4n) is 2.79. The Kier molecular flexibility index (Phi) is 6.37. The van der Waals surface area contributed by atoms with Crippen LogP contribution in [-0.4, -0.2) is 19.7 Å². The molecule has 0 aliphatic heterocycles. The van der Waals surface area contributed by atoms with Gasteiger partial charge in [0.1, 0.15) is 5.75 Å². The molecule has 1 aromatic rings. The largest absolute Gasteiger partial charge is 0.496 e. The van der Waals surface area contributed by atoms with Crippen molar-refractivity contribution in [2.24, 2.45) is 5.92 Å². The lowest BCUT2D eigenvalue weighted by Crippen LogP contribution is -2.31. The topological polar surface area (TPSA) is 21.3 Å². The molecular formula is C17H26BrNO. The van der Waals surface area contributed by atoms with Gasteiger partial charge in [0.2, 0.25) is 0 Å². The van der Waals surface area contributed by atoms with Crippen LogP contribution in [0.3, 0.4) is 0 Å². The van der Waals surface area contributed by atoms with Crippen LogP contribution in [0.1, 0.15) is 44.6 Å². The molecule has 1 N–H and O–H groups in total. The molecule has 1 atom stereocenters. The fourth-order valence-corrected chi connectivity index (χ4v) is 3.20. The second kappa shape index (κ2) is 8.04. The van der Waals surface area contributed by atoms with Gasteiger partial charge < -0.3 is 10.1 Å². The number of nitrogens with one attached hydrogen (secondary N) is 1. The molecule has 1 unspecified atom stereocenters. The lowest BCUT2D eigenvalue weighted by atomic mass is 10.0. The highest BCUT2D eigenvalue weighted by Gasteiger charge is 2.30. The van der Waals surface area contributed by atoms with E-state index in [1.807, 2.05) is 12.1 Å². The molecule has 112 valence electrons. The third-order valence-corrected chi connectivity index (χ3v) is 4.54. The van der Waals surface area contributed by atoms with Crippen LogP contribution in [0.15, 0.2) is 22.7 Å². The number of hydrogen-bond donors (Lipinski definition) is 1. The summed E-state index contributed by atoms with van der Waals surface area (Å²) in [5.74, 6) is 1.95. The van der Waals surface area contributed by atoms with Gasteiger partial charge in [-0.15, -0.1) is 0 Å². The average molecular weight is 340 g/mol. The molecule has 1 saturated carbocycles. The smallest absolute Gasteiger partial charge is 0.122 e. The van der Waals surface area contributed by atoms with Gasteiger partial charge >= 0.3 is 0 Å². The third kappa shape index (κ3) is 4.78. The highest BCUT2D eigenvalue weighted by molar-refractivity contribution is 9.10. The molecule has 1 aromatic carbocycles. The predicted octanol–water partition coefficient (Wildman–Crippen LogP) is 4.56. The first-order valence-corrected chi connectivity index (χ1v) is 8.59. The average Bonchev–Trinajstić information content (AvgIpc) is 3.27. The minimum absolute atomic E-state index is 0.730. The summed E-state index contributed by atoms with van der Waals surface area (Å²) in [7, 11) is 1.75. The van der Waals surface area contributed by atoms with Crippen LogP contribution in [0.4, 0.5) is 0 Å². The predicted molar refractivity (Wildman–Crippen MR) is 88.4 cm³/mol. The zero-order chi connectivity index (χ0) is 14.4. The maximum atomic E-state index is 5.45. The zero-order valence-corrected chi connectivity index (χ0v) is 14.2. The van der Waals surface area contributed by atoms with Gasteiger partial charge in [-0.25, -0.2) is 0 Å². The molecule has 0 amide bonds. The maximum Gasteiger partial charge on any atom is 0.122 e. The molecule has 1 aliphatic rings. The van der Waals surface area contributed by atoms with Gasteiger partial charge in [-0.3, -0.25) is 0 Å². The lowest BCUT2D eigenvalue weighted by Gasteiger charge is -2.18. The molecule has 20 heavy (non-hydrogen) atoms. The van der Waals surface area contributed by atoms with Crippen LogP contribution in [0.25, 0.3) is 0 Å². The number of benzene rings is 1. The number of aryl methyl sites for hydroxylation is 1. The van der Waals surface area contributed by atoms with Gasteiger partial charge in [0.15, 0.2) is 0 Å². The second-order valence-electron chi connectivity index (χ2n) is 5.75. The van der Waals surface area contributed by atoms with E-state index in [1.54, 1.807) is 7.11 Å². The van der Waals surface area contributed by atoms with Crippen molar-refractivity contribution in [2.75, 3.05) is 13.7 Å². The van der Waals surface area contributed by atoms with Gasteiger partial charge in [-0.1, -0.05) is 22.9 Å². The standard InChI is InChI=1S/C17H26BrNO/c1-3-11-19-16(13-7-8-13)6-4-5-14-12-15(18)9-10-17(14)20-2/h9-10,12-13,16,19H,3-8,11H2,1-2H3.